The zero-order chi connectivity index (χ0) is 11.5. The van der Waals surface area contributed by atoms with Gasteiger partial charge in [0.1, 0.15) is 5.82 Å². The summed E-state index contributed by atoms with van der Waals surface area (Å²) in [6.45, 7) is 12.8. The zero-order valence-electron chi connectivity index (χ0n) is 10.5. The molecule has 0 aromatic carbocycles. The lowest BCUT2D eigenvalue weighted by Gasteiger charge is -2.14. The highest BCUT2D eigenvalue weighted by molar-refractivity contribution is 5.08. The van der Waals surface area contributed by atoms with Crippen LogP contribution in [0.3, 0.4) is 0 Å². The average Bonchev–Trinajstić information content (AvgIpc) is 2.51. The van der Waals surface area contributed by atoms with Crippen LogP contribution in [0.15, 0.2) is 6.20 Å². The van der Waals surface area contributed by atoms with Gasteiger partial charge >= 0.3 is 0 Å². The van der Waals surface area contributed by atoms with E-state index in [0.717, 1.165) is 18.9 Å². The van der Waals surface area contributed by atoms with E-state index in [2.05, 4.69) is 49.9 Å². The zero-order valence-corrected chi connectivity index (χ0v) is 10.5. The van der Waals surface area contributed by atoms with Gasteiger partial charge in [0.2, 0.25) is 0 Å². The van der Waals surface area contributed by atoms with Crippen LogP contribution in [0, 0.1) is 5.92 Å². The highest BCUT2D eigenvalue weighted by atomic mass is 15.0. The molecule has 1 heterocycles. The second-order valence-electron chi connectivity index (χ2n) is 5.53. The van der Waals surface area contributed by atoms with Gasteiger partial charge in [-0.25, -0.2) is 4.98 Å². The summed E-state index contributed by atoms with van der Waals surface area (Å²) < 4.78 is 0. The third kappa shape index (κ3) is 4.04. The normalized spacial score (nSPS) is 12.4. The Hall–Kier alpha value is -0.830. The maximum absolute atomic E-state index is 4.39. The molecule has 15 heavy (non-hydrogen) atoms. The van der Waals surface area contributed by atoms with E-state index in [1.807, 2.05) is 6.20 Å². The lowest BCUT2D eigenvalue weighted by atomic mass is 9.96. The van der Waals surface area contributed by atoms with Crippen LogP contribution >= 0.6 is 0 Å². The molecule has 3 nitrogen and oxygen atoms in total. The molecule has 86 valence electrons. The van der Waals surface area contributed by atoms with E-state index in [-0.39, 0.29) is 5.41 Å². The van der Waals surface area contributed by atoms with Crippen LogP contribution < -0.4 is 5.32 Å². The number of rotatable bonds is 4. The Labute approximate surface area is 92.7 Å². The van der Waals surface area contributed by atoms with E-state index in [0.29, 0.717) is 5.92 Å². The Balaban J connectivity index is 2.47. The lowest BCUT2D eigenvalue weighted by Crippen LogP contribution is -2.19. The summed E-state index contributed by atoms with van der Waals surface area (Å²) in [5.74, 6) is 1.75. The molecule has 0 bridgehead atoms. The SMILES string of the molecule is CC(C)CNCc1cnc(C(C)(C)C)[nH]1. The van der Waals surface area contributed by atoms with Crippen molar-refractivity contribution < 1.29 is 0 Å². The highest BCUT2D eigenvalue weighted by Crippen LogP contribution is 2.18. The van der Waals surface area contributed by atoms with Crippen molar-refractivity contribution in [2.24, 2.45) is 5.92 Å². The molecule has 2 N–H and O–H groups in total. The van der Waals surface area contributed by atoms with Gasteiger partial charge in [0.05, 0.1) is 0 Å². The molecule has 0 radical (unpaired) electrons. The molecule has 0 amide bonds. The highest BCUT2D eigenvalue weighted by Gasteiger charge is 2.16. The molecule has 0 aliphatic rings. The topological polar surface area (TPSA) is 40.7 Å². The fourth-order valence-corrected chi connectivity index (χ4v) is 1.33. The van der Waals surface area contributed by atoms with Crippen LogP contribution in [0.25, 0.3) is 0 Å². The van der Waals surface area contributed by atoms with E-state index >= 15 is 0 Å². The number of hydrogen-bond donors (Lipinski definition) is 2. The molecular weight excluding hydrogens is 186 g/mol. The van der Waals surface area contributed by atoms with Gasteiger partial charge in [-0.15, -0.1) is 0 Å². The van der Waals surface area contributed by atoms with E-state index < -0.39 is 0 Å². The summed E-state index contributed by atoms with van der Waals surface area (Å²) in [7, 11) is 0. The molecule has 1 rings (SSSR count). The van der Waals surface area contributed by atoms with E-state index in [1.165, 1.54) is 5.69 Å². The average molecular weight is 209 g/mol. The number of imidazole rings is 1. The second-order valence-corrected chi connectivity index (χ2v) is 5.53. The maximum Gasteiger partial charge on any atom is 0.111 e. The first kappa shape index (κ1) is 12.2. The van der Waals surface area contributed by atoms with Crippen molar-refractivity contribution in [3.05, 3.63) is 17.7 Å². The standard InChI is InChI=1S/C12H23N3/c1-9(2)6-13-7-10-8-14-11(15-10)12(3,4)5/h8-9,13H,6-7H2,1-5H3,(H,14,15). The fraction of sp³-hybridized carbons (Fsp3) is 0.750. The number of aromatic amines is 1. The third-order valence-corrected chi connectivity index (χ3v) is 2.21. The molecule has 0 unspecified atom stereocenters. The molecule has 0 spiro atoms. The molecule has 1 aromatic rings. The summed E-state index contributed by atoms with van der Waals surface area (Å²) in [5.41, 5.74) is 1.27. The Morgan fingerprint density at radius 2 is 2.07 bits per heavy atom. The van der Waals surface area contributed by atoms with Crippen molar-refractivity contribution in [3.63, 3.8) is 0 Å². The number of nitrogens with one attached hydrogen (secondary N) is 2. The van der Waals surface area contributed by atoms with Gasteiger partial charge in [-0.3, -0.25) is 0 Å². The Bertz CT molecular complexity index is 294. The van der Waals surface area contributed by atoms with Gasteiger partial charge in [-0.2, -0.15) is 0 Å². The van der Waals surface area contributed by atoms with Crippen LogP contribution in [0.1, 0.15) is 46.1 Å². The van der Waals surface area contributed by atoms with Crippen LogP contribution in [-0.4, -0.2) is 16.5 Å². The number of nitrogens with zero attached hydrogens (tertiary/aromatic N) is 1. The van der Waals surface area contributed by atoms with Crippen LogP contribution in [0.4, 0.5) is 0 Å². The molecule has 0 fully saturated rings. The monoisotopic (exact) mass is 209 g/mol. The number of H-pyrrole nitrogens is 1. The van der Waals surface area contributed by atoms with Gasteiger partial charge in [-0.05, 0) is 12.5 Å². The predicted molar refractivity (Wildman–Crippen MR) is 63.8 cm³/mol. The minimum absolute atomic E-state index is 0.107. The lowest BCUT2D eigenvalue weighted by molar-refractivity contribution is 0.538. The number of hydrogen-bond acceptors (Lipinski definition) is 2. The van der Waals surface area contributed by atoms with Crippen LogP contribution in [0.5, 0.6) is 0 Å². The smallest absolute Gasteiger partial charge is 0.111 e. The molecule has 0 aliphatic heterocycles. The number of aromatic nitrogens is 2. The van der Waals surface area contributed by atoms with E-state index in [1.54, 1.807) is 0 Å². The summed E-state index contributed by atoms with van der Waals surface area (Å²) in [4.78, 5) is 7.74. The Kier molecular flexibility index (Phi) is 3.91. The maximum atomic E-state index is 4.39. The third-order valence-electron chi connectivity index (χ3n) is 2.21. The second kappa shape index (κ2) is 4.79. The molecular formula is C12H23N3. The van der Waals surface area contributed by atoms with Gasteiger partial charge in [0.25, 0.3) is 0 Å². The Morgan fingerprint density at radius 3 is 2.53 bits per heavy atom. The van der Waals surface area contributed by atoms with E-state index in [4.69, 9.17) is 0 Å². The van der Waals surface area contributed by atoms with Crippen molar-refractivity contribution in [2.75, 3.05) is 6.54 Å². The van der Waals surface area contributed by atoms with Gasteiger partial charge in [0.15, 0.2) is 0 Å². The molecule has 0 atom stereocenters. The minimum Gasteiger partial charge on any atom is -0.344 e. The molecule has 1 aromatic heterocycles. The van der Waals surface area contributed by atoms with Crippen LogP contribution in [0.2, 0.25) is 0 Å². The predicted octanol–water partition coefficient (Wildman–Crippen LogP) is 2.45. The van der Waals surface area contributed by atoms with E-state index in [9.17, 15) is 0 Å². The molecule has 0 saturated carbocycles. The first-order valence-corrected chi connectivity index (χ1v) is 5.64. The molecule has 0 saturated heterocycles. The summed E-state index contributed by atoms with van der Waals surface area (Å²) >= 11 is 0. The first-order valence-electron chi connectivity index (χ1n) is 5.64. The van der Waals surface area contributed by atoms with Crippen molar-refractivity contribution in [1.29, 1.82) is 0 Å². The van der Waals surface area contributed by atoms with Crippen molar-refractivity contribution in [2.45, 2.75) is 46.6 Å². The summed E-state index contributed by atoms with van der Waals surface area (Å²) in [6, 6.07) is 0. The van der Waals surface area contributed by atoms with Gasteiger partial charge < -0.3 is 10.3 Å². The quantitative estimate of drug-likeness (QED) is 0.799. The van der Waals surface area contributed by atoms with Crippen LogP contribution in [-0.2, 0) is 12.0 Å². The van der Waals surface area contributed by atoms with Crippen molar-refractivity contribution >= 4 is 0 Å². The molecule has 0 aliphatic carbocycles. The molecule has 3 heteroatoms. The van der Waals surface area contributed by atoms with Crippen molar-refractivity contribution in [3.8, 4) is 0 Å². The summed E-state index contributed by atoms with van der Waals surface area (Å²) in [6.07, 6.45) is 1.92. The minimum atomic E-state index is 0.107. The van der Waals surface area contributed by atoms with Gasteiger partial charge in [-0.1, -0.05) is 34.6 Å². The fourth-order valence-electron chi connectivity index (χ4n) is 1.33. The first-order chi connectivity index (χ1) is 6.89. The summed E-state index contributed by atoms with van der Waals surface area (Å²) in [5, 5.41) is 3.39. The Morgan fingerprint density at radius 1 is 1.40 bits per heavy atom. The van der Waals surface area contributed by atoms with Gasteiger partial charge in [0, 0.05) is 23.9 Å². The largest absolute Gasteiger partial charge is 0.344 e. The van der Waals surface area contributed by atoms with Crippen molar-refractivity contribution in [1.82, 2.24) is 15.3 Å².